The van der Waals surface area contributed by atoms with Crippen molar-refractivity contribution < 1.29 is 5.11 Å². The average molecular weight is 201 g/mol. The highest BCUT2D eigenvalue weighted by Gasteiger charge is 2.19. The van der Waals surface area contributed by atoms with Crippen LogP contribution in [0, 0.1) is 5.92 Å². The van der Waals surface area contributed by atoms with Crippen molar-refractivity contribution in [3.05, 3.63) is 0 Å². The molecule has 0 saturated heterocycles. The lowest BCUT2D eigenvalue weighted by atomic mass is 9.92. The van der Waals surface area contributed by atoms with Crippen LogP contribution in [0.5, 0.6) is 0 Å². The Labute approximate surface area is 88.9 Å². The zero-order valence-electron chi connectivity index (χ0n) is 10.00. The molecule has 0 heterocycles. The zero-order chi connectivity index (χ0) is 11.0. The molecule has 3 atom stereocenters. The van der Waals surface area contributed by atoms with E-state index >= 15 is 0 Å². The molecule has 0 aliphatic carbocycles. The summed E-state index contributed by atoms with van der Waals surface area (Å²) in [7, 11) is 0. The summed E-state index contributed by atoms with van der Waals surface area (Å²) in [6.07, 6.45) is 6.46. The van der Waals surface area contributed by atoms with Crippen LogP contribution >= 0.6 is 0 Å². The van der Waals surface area contributed by atoms with Crippen LogP contribution in [0.1, 0.15) is 59.3 Å². The number of nitrogens with two attached hydrogens (primary N) is 1. The molecule has 0 radical (unpaired) electrons. The van der Waals surface area contributed by atoms with Crippen LogP contribution in [-0.2, 0) is 0 Å². The predicted molar refractivity (Wildman–Crippen MR) is 62.2 cm³/mol. The topological polar surface area (TPSA) is 46.2 Å². The van der Waals surface area contributed by atoms with Crippen molar-refractivity contribution in [3.63, 3.8) is 0 Å². The summed E-state index contributed by atoms with van der Waals surface area (Å²) in [5.41, 5.74) is 5.94. The summed E-state index contributed by atoms with van der Waals surface area (Å²) < 4.78 is 0. The monoisotopic (exact) mass is 201 g/mol. The fourth-order valence-electron chi connectivity index (χ4n) is 1.62. The highest BCUT2D eigenvalue weighted by atomic mass is 16.3. The second-order valence-electron chi connectivity index (χ2n) is 4.38. The second kappa shape index (κ2) is 8.25. The summed E-state index contributed by atoms with van der Waals surface area (Å²) in [6, 6.07) is -0.0402. The van der Waals surface area contributed by atoms with E-state index in [-0.39, 0.29) is 12.1 Å². The molecule has 2 nitrogen and oxygen atoms in total. The highest BCUT2D eigenvalue weighted by Crippen LogP contribution is 2.14. The van der Waals surface area contributed by atoms with E-state index in [1.165, 1.54) is 19.3 Å². The van der Waals surface area contributed by atoms with Crippen molar-refractivity contribution in [3.8, 4) is 0 Å². The fourth-order valence-corrected chi connectivity index (χ4v) is 1.62. The molecule has 0 aromatic heterocycles. The molecule has 0 aliphatic rings. The van der Waals surface area contributed by atoms with Crippen LogP contribution in [-0.4, -0.2) is 17.3 Å². The van der Waals surface area contributed by atoms with Crippen LogP contribution in [0.2, 0.25) is 0 Å². The Morgan fingerprint density at radius 1 is 1.14 bits per heavy atom. The molecule has 0 fully saturated rings. The molecule has 3 N–H and O–H groups in total. The first-order chi connectivity index (χ1) is 6.63. The van der Waals surface area contributed by atoms with Gasteiger partial charge in [-0.25, -0.2) is 0 Å². The molecule has 0 rings (SSSR count). The lowest BCUT2D eigenvalue weighted by Gasteiger charge is -2.23. The summed E-state index contributed by atoms with van der Waals surface area (Å²) in [5, 5.41) is 9.79. The zero-order valence-corrected chi connectivity index (χ0v) is 10.00. The number of hydrogen-bond donors (Lipinski definition) is 2. The van der Waals surface area contributed by atoms with Crippen LogP contribution in [0.15, 0.2) is 0 Å². The molecule has 0 bridgehead atoms. The molecule has 0 aromatic carbocycles. The summed E-state index contributed by atoms with van der Waals surface area (Å²) >= 11 is 0. The highest BCUT2D eigenvalue weighted by molar-refractivity contribution is 4.76. The van der Waals surface area contributed by atoms with Gasteiger partial charge in [0.1, 0.15) is 0 Å². The van der Waals surface area contributed by atoms with E-state index < -0.39 is 0 Å². The first kappa shape index (κ1) is 13.9. The molecule has 2 heteroatoms. The molecule has 0 spiro atoms. The van der Waals surface area contributed by atoms with Crippen molar-refractivity contribution in [2.45, 2.75) is 71.4 Å². The largest absolute Gasteiger partial charge is 0.392 e. The maximum Gasteiger partial charge on any atom is 0.0693 e. The first-order valence-electron chi connectivity index (χ1n) is 6.07. The minimum atomic E-state index is -0.304. The third-order valence-electron chi connectivity index (χ3n) is 3.10. The Morgan fingerprint density at radius 3 is 2.29 bits per heavy atom. The summed E-state index contributed by atoms with van der Waals surface area (Å²) in [4.78, 5) is 0. The van der Waals surface area contributed by atoms with Crippen LogP contribution in [0.4, 0.5) is 0 Å². The normalized spacial score (nSPS) is 17.8. The summed E-state index contributed by atoms with van der Waals surface area (Å²) in [6.45, 7) is 6.43. The lowest BCUT2D eigenvalue weighted by Crippen LogP contribution is -2.39. The van der Waals surface area contributed by atoms with Gasteiger partial charge in [0.25, 0.3) is 0 Å². The van der Waals surface area contributed by atoms with Crippen molar-refractivity contribution in [1.29, 1.82) is 0 Å². The Balaban J connectivity index is 3.56. The summed E-state index contributed by atoms with van der Waals surface area (Å²) in [5.74, 6) is 0.427. The van der Waals surface area contributed by atoms with Gasteiger partial charge >= 0.3 is 0 Å². The number of aliphatic hydroxyl groups excluding tert-OH is 1. The Hall–Kier alpha value is -0.0800. The van der Waals surface area contributed by atoms with Gasteiger partial charge in [0.15, 0.2) is 0 Å². The SMILES string of the molecule is CCCCCCC(O)[C@@H](N)[C@@H](C)CC. The third-order valence-corrected chi connectivity index (χ3v) is 3.10. The molecule has 0 aromatic rings. The van der Waals surface area contributed by atoms with E-state index in [1.807, 2.05) is 0 Å². The van der Waals surface area contributed by atoms with Gasteiger partial charge in [0.05, 0.1) is 6.10 Å². The number of aliphatic hydroxyl groups is 1. The van der Waals surface area contributed by atoms with Crippen molar-refractivity contribution >= 4 is 0 Å². The van der Waals surface area contributed by atoms with E-state index in [4.69, 9.17) is 5.73 Å². The maximum absolute atomic E-state index is 9.79. The van der Waals surface area contributed by atoms with Crippen LogP contribution < -0.4 is 5.73 Å². The van der Waals surface area contributed by atoms with Crippen molar-refractivity contribution in [1.82, 2.24) is 0 Å². The van der Waals surface area contributed by atoms with Gasteiger partial charge in [-0.3, -0.25) is 0 Å². The molecule has 14 heavy (non-hydrogen) atoms. The van der Waals surface area contributed by atoms with Gasteiger partial charge in [-0.2, -0.15) is 0 Å². The number of hydrogen-bond acceptors (Lipinski definition) is 2. The number of unbranched alkanes of at least 4 members (excludes halogenated alkanes) is 3. The molecule has 86 valence electrons. The van der Waals surface area contributed by atoms with E-state index in [1.54, 1.807) is 0 Å². The second-order valence-corrected chi connectivity index (χ2v) is 4.38. The number of rotatable bonds is 8. The molecular formula is C12H27NO. The Kier molecular flexibility index (Phi) is 8.20. The minimum absolute atomic E-state index is 0.0402. The Morgan fingerprint density at radius 2 is 1.79 bits per heavy atom. The molecule has 1 unspecified atom stereocenters. The quantitative estimate of drug-likeness (QED) is 0.593. The minimum Gasteiger partial charge on any atom is -0.392 e. The van der Waals surface area contributed by atoms with Crippen LogP contribution in [0.3, 0.4) is 0 Å². The molecular weight excluding hydrogens is 174 g/mol. The first-order valence-corrected chi connectivity index (χ1v) is 6.07. The fraction of sp³-hybridized carbons (Fsp3) is 1.00. The van der Waals surface area contributed by atoms with Gasteiger partial charge in [0.2, 0.25) is 0 Å². The average Bonchev–Trinajstić information content (AvgIpc) is 2.21. The van der Waals surface area contributed by atoms with Crippen molar-refractivity contribution in [2.24, 2.45) is 11.7 Å². The van der Waals surface area contributed by atoms with Crippen LogP contribution in [0.25, 0.3) is 0 Å². The Bertz CT molecular complexity index is 127. The predicted octanol–water partition coefficient (Wildman–Crippen LogP) is 2.69. The lowest BCUT2D eigenvalue weighted by molar-refractivity contribution is 0.108. The molecule has 0 saturated carbocycles. The molecule has 0 aliphatic heterocycles. The van der Waals surface area contributed by atoms with E-state index in [0.29, 0.717) is 5.92 Å². The van der Waals surface area contributed by atoms with Gasteiger partial charge in [-0.1, -0.05) is 52.9 Å². The maximum atomic E-state index is 9.79. The van der Waals surface area contributed by atoms with E-state index in [2.05, 4.69) is 20.8 Å². The smallest absolute Gasteiger partial charge is 0.0693 e. The van der Waals surface area contributed by atoms with E-state index in [0.717, 1.165) is 19.3 Å². The standard InChI is InChI=1S/C12H27NO/c1-4-6-7-8-9-11(14)12(13)10(3)5-2/h10-12,14H,4-9,13H2,1-3H3/t10-,11?,12-/m0/s1. The third kappa shape index (κ3) is 5.61. The van der Waals surface area contributed by atoms with Crippen molar-refractivity contribution in [2.75, 3.05) is 0 Å². The van der Waals surface area contributed by atoms with Gasteiger partial charge < -0.3 is 10.8 Å². The van der Waals surface area contributed by atoms with E-state index in [9.17, 15) is 5.11 Å². The van der Waals surface area contributed by atoms with Gasteiger partial charge in [-0.15, -0.1) is 0 Å². The van der Waals surface area contributed by atoms with Gasteiger partial charge in [0, 0.05) is 6.04 Å². The van der Waals surface area contributed by atoms with Gasteiger partial charge in [-0.05, 0) is 12.3 Å². The molecule has 0 amide bonds.